The number of piperidine rings is 1. The maximum Gasteiger partial charge on any atom is 0.123 e. The van der Waals surface area contributed by atoms with Crippen molar-refractivity contribution in [2.75, 3.05) is 19.6 Å². The molecule has 0 amide bonds. The quantitative estimate of drug-likeness (QED) is 0.884. The van der Waals surface area contributed by atoms with E-state index in [1.807, 2.05) is 13.0 Å². The van der Waals surface area contributed by atoms with E-state index in [0.717, 1.165) is 24.2 Å². The molecule has 1 heterocycles. The molecule has 3 heteroatoms. The summed E-state index contributed by atoms with van der Waals surface area (Å²) in [6, 6.07) is 5.60. The van der Waals surface area contributed by atoms with Gasteiger partial charge in [0.1, 0.15) is 5.82 Å². The standard InChI is InChI=1S/C15H23FN2/c1-3-18-8-6-15(7-9-18)17-11-13-10-14(16)5-4-12(13)2/h4-5,10,15,17H,3,6-9,11H2,1-2H3. The van der Waals surface area contributed by atoms with Crippen LogP contribution in [0.15, 0.2) is 18.2 Å². The lowest BCUT2D eigenvalue weighted by Crippen LogP contribution is -2.42. The minimum absolute atomic E-state index is 0.141. The van der Waals surface area contributed by atoms with Gasteiger partial charge in [-0.3, -0.25) is 0 Å². The van der Waals surface area contributed by atoms with Crippen molar-refractivity contribution in [2.24, 2.45) is 0 Å². The number of hydrogen-bond donors (Lipinski definition) is 1. The van der Waals surface area contributed by atoms with Crippen molar-refractivity contribution in [3.8, 4) is 0 Å². The average molecular weight is 250 g/mol. The van der Waals surface area contributed by atoms with E-state index in [0.29, 0.717) is 6.04 Å². The third kappa shape index (κ3) is 3.53. The number of benzene rings is 1. The van der Waals surface area contributed by atoms with Gasteiger partial charge < -0.3 is 10.2 Å². The van der Waals surface area contributed by atoms with Crippen molar-refractivity contribution in [3.05, 3.63) is 35.1 Å². The van der Waals surface area contributed by atoms with Crippen molar-refractivity contribution < 1.29 is 4.39 Å². The van der Waals surface area contributed by atoms with Crippen LogP contribution in [0.5, 0.6) is 0 Å². The molecule has 0 aromatic heterocycles. The molecule has 2 nitrogen and oxygen atoms in total. The lowest BCUT2D eigenvalue weighted by atomic mass is 10.0. The zero-order chi connectivity index (χ0) is 13.0. The monoisotopic (exact) mass is 250 g/mol. The first kappa shape index (κ1) is 13.5. The van der Waals surface area contributed by atoms with Crippen molar-refractivity contribution >= 4 is 0 Å². The summed E-state index contributed by atoms with van der Waals surface area (Å²) in [5, 5.41) is 3.56. The predicted molar refractivity (Wildman–Crippen MR) is 73.1 cm³/mol. The molecule has 18 heavy (non-hydrogen) atoms. The summed E-state index contributed by atoms with van der Waals surface area (Å²) in [6.45, 7) is 8.53. The molecule has 1 aliphatic rings. The summed E-state index contributed by atoms with van der Waals surface area (Å²) in [6.07, 6.45) is 2.39. The van der Waals surface area contributed by atoms with Crippen LogP contribution in [0.1, 0.15) is 30.9 Å². The van der Waals surface area contributed by atoms with Gasteiger partial charge in [-0.05, 0) is 62.7 Å². The highest BCUT2D eigenvalue weighted by Gasteiger charge is 2.17. The molecule has 0 spiro atoms. The molecule has 1 fully saturated rings. The van der Waals surface area contributed by atoms with Gasteiger partial charge in [0.2, 0.25) is 0 Å². The Morgan fingerprint density at radius 2 is 2.06 bits per heavy atom. The van der Waals surface area contributed by atoms with Gasteiger partial charge in [0.05, 0.1) is 0 Å². The van der Waals surface area contributed by atoms with Crippen LogP contribution >= 0.6 is 0 Å². The average Bonchev–Trinajstić information content (AvgIpc) is 2.40. The van der Waals surface area contributed by atoms with Gasteiger partial charge in [0, 0.05) is 12.6 Å². The van der Waals surface area contributed by atoms with Gasteiger partial charge in [0.15, 0.2) is 0 Å². The zero-order valence-corrected chi connectivity index (χ0v) is 11.4. The first-order chi connectivity index (χ1) is 8.69. The SMILES string of the molecule is CCN1CCC(NCc2cc(F)ccc2C)CC1. The van der Waals surface area contributed by atoms with Gasteiger partial charge in [-0.15, -0.1) is 0 Å². The van der Waals surface area contributed by atoms with Gasteiger partial charge in [-0.1, -0.05) is 13.0 Å². The molecule has 1 N–H and O–H groups in total. The van der Waals surface area contributed by atoms with Crippen LogP contribution < -0.4 is 5.32 Å². The van der Waals surface area contributed by atoms with Crippen LogP contribution in [0.25, 0.3) is 0 Å². The van der Waals surface area contributed by atoms with Gasteiger partial charge in [-0.2, -0.15) is 0 Å². The highest BCUT2D eigenvalue weighted by molar-refractivity contribution is 5.26. The van der Waals surface area contributed by atoms with Gasteiger partial charge >= 0.3 is 0 Å². The van der Waals surface area contributed by atoms with Crippen LogP contribution in [0.4, 0.5) is 4.39 Å². The van der Waals surface area contributed by atoms with E-state index < -0.39 is 0 Å². The molecule has 0 aliphatic carbocycles. The molecule has 1 aromatic rings. The largest absolute Gasteiger partial charge is 0.310 e. The molecule has 0 atom stereocenters. The van der Waals surface area contributed by atoms with Gasteiger partial charge in [0.25, 0.3) is 0 Å². The van der Waals surface area contributed by atoms with E-state index in [9.17, 15) is 4.39 Å². The van der Waals surface area contributed by atoms with E-state index in [4.69, 9.17) is 0 Å². The molecular weight excluding hydrogens is 227 g/mol. The molecule has 1 saturated heterocycles. The minimum Gasteiger partial charge on any atom is -0.310 e. The molecule has 0 radical (unpaired) electrons. The number of halogens is 1. The summed E-state index contributed by atoms with van der Waals surface area (Å²) in [4.78, 5) is 2.48. The maximum absolute atomic E-state index is 13.2. The van der Waals surface area contributed by atoms with E-state index in [-0.39, 0.29) is 5.82 Å². The first-order valence-corrected chi connectivity index (χ1v) is 6.90. The van der Waals surface area contributed by atoms with E-state index in [1.54, 1.807) is 6.07 Å². The Kier molecular flexibility index (Phi) is 4.72. The Hall–Kier alpha value is -0.930. The van der Waals surface area contributed by atoms with E-state index in [2.05, 4.69) is 17.1 Å². The van der Waals surface area contributed by atoms with Crippen molar-refractivity contribution in [3.63, 3.8) is 0 Å². The number of aryl methyl sites for hydroxylation is 1. The van der Waals surface area contributed by atoms with Crippen molar-refractivity contribution in [1.29, 1.82) is 0 Å². The third-order valence-corrected chi connectivity index (χ3v) is 3.93. The summed E-state index contributed by atoms with van der Waals surface area (Å²) in [5.41, 5.74) is 2.24. The highest BCUT2D eigenvalue weighted by Crippen LogP contribution is 2.13. The summed E-state index contributed by atoms with van der Waals surface area (Å²) in [7, 11) is 0. The summed E-state index contributed by atoms with van der Waals surface area (Å²) in [5.74, 6) is -0.141. The third-order valence-electron chi connectivity index (χ3n) is 3.93. The van der Waals surface area contributed by atoms with Crippen LogP contribution in [-0.4, -0.2) is 30.6 Å². The first-order valence-electron chi connectivity index (χ1n) is 6.90. The second kappa shape index (κ2) is 6.30. The zero-order valence-electron chi connectivity index (χ0n) is 11.4. The number of hydrogen-bond acceptors (Lipinski definition) is 2. The topological polar surface area (TPSA) is 15.3 Å². The fraction of sp³-hybridized carbons (Fsp3) is 0.600. The lowest BCUT2D eigenvalue weighted by molar-refractivity contribution is 0.206. The normalized spacial score (nSPS) is 18.2. The fourth-order valence-corrected chi connectivity index (χ4v) is 2.54. The number of nitrogens with zero attached hydrogens (tertiary/aromatic N) is 1. The Balaban J connectivity index is 1.83. The van der Waals surface area contributed by atoms with Crippen molar-refractivity contribution in [1.82, 2.24) is 10.2 Å². The molecule has 1 aliphatic heterocycles. The maximum atomic E-state index is 13.2. The summed E-state index contributed by atoms with van der Waals surface area (Å²) < 4.78 is 13.2. The minimum atomic E-state index is -0.141. The highest BCUT2D eigenvalue weighted by atomic mass is 19.1. The van der Waals surface area contributed by atoms with Crippen LogP contribution in [0, 0.1) is 12.7 Å². The Morgan fingerprint density at radius 3 is 2.72 bits per heavy atom. The van der Waals surface area contributed by atoms with E-state index in [1.165, 1.54) is 32.0 Å². The van der Waals surface area contributed by atoms with Crippen LogP contribution in [0.3, 0.4) is 0 Å². The lowest BCUT2D eigenvalue weighted by Gasteiger charge is -2.31. The molecule has 0 saturated carbocycles. The molecule has 100 valence electrons. The second-order valence-electron chi connectivity index (χ2n) is 5.16. The molecule has 1 aromatic carbocycles. The van der Waals surface area contributed by atoms with Crippen LogP contribution in [0.2, 0.25) is 0 Å². The molecule has 2 rings (SSSR count). The van der Waals surface area contributed by atoms with Gasteiger partial charge in [-0.25, -0.2) is 4.39 Å². The Bertz CT molecular complexity index is 384. The predicted octanol–water partition coefficient (Wildman–Crippen LogP) is 2.71. The molecule has 0 unspecified atom stereocenters. The second-order valence-corrected chi connectivity index (χ2v) is 5.16. The summed E-state index contributed by atoms with van der Waals surface area (Å²) >= 11 is 0. The number of nitrogens with one attached hydrogen (secondary N) is 1. The molecule has 0 bridgehead atoms. The van der Waals surface area contributed by atoms with Crippen LogP contribution in [-0.2, 0) is 6.54 Å². The fourth-order valence-electron chi connectivity index (χ4n) is 2.54. The Morgan fingerprint density at radius 1 is 1.33 bits per heavy atom. The van der Waals surface area contributed by atoms with Crippen molar-refractivity contribution in [2.45, 2.75) is 39.3 Å². The van der Waals surface area contributed by atoms with E-state index >= 15 is 0 Å². The molecular formula is C15H23FN2. The Labute approximate surface area is 109 Å². The smallest absolute Gasteiger partial charge is 0.123 e. The number of likely N-dealkylation sites (tertiary alicyclic amines) is 1. The number of rotatable bonds is 4.